The van der Waals surface area contributed by atoms with E-state index in [1.54, 1.807) is 0 Å². The summed E-state index contributed by atoms with van der Waals surface area (Å²) in [6, 6.07) is 12.5. The number of benzene rings is 1. The number of hydrogen-bond acceptors (Lipinski definition) is 0. The van der Waals surface area contributed by atoms with Gasteiger partial charge in [-0.05, 0) is 6.07 Å². The molecule has 8 heavy (non-hydrogen) atoms. The lowest BCUT2D eigenvalue weighted by atomic mass is 10.4. The van der Waals surface area contributed by atoms with Crippen molar-refractivity contribution in [2.24, 2.45) is 0 Å². The summed E-state index contributed by atoms with van der Waals surface area (Å²) in [6.45, 7) is 0. The fourth-order valence-electron chi connectivity index (χ4n) is 0.342. The summed E-state index contributed by atoms with van der Waals surface area (Å²) in [6.07, 6.45) is 0. The maximum atomic E-state index is 2.89. The average Bonchev–Trinajstić information content (AvgIpc) is 1.72. The maximum Gasteiger partial charge on any atom is -0.0184 e. The summed E-state index contributed by atoms with van der Waals surface area (Å²) in [4.78, 5) is 0. The Balaban J connectivity index is 0. The van der Waals surface area contributed by atoms with Gasteiger partial charge in [-0.1, -0.05) is 30.3 Å². The van der Waals surface area contributed by atoms with Gasteiger partial charge in [0.1, 0.15) is 0 Å². The molecule has 1 radical (unpaired) electrons. The highest BCUT2D eigenvalue weighted by Crippen LogP contribution is 1.78. The third-order valence-electron chi connectivity index (χ3n) is 0.607. The van der Waals surface area contributed by atoms with Crippen LogP contribution in [-0.4, -0.2) is 0 Å². The molecule has 2 heteroatoms. The first-order valence-electron chi connectivity index (χ1n) is 1.91. The van der Waals surface area contributed by atoms with Crippen LogP contribution in [0.3, 0.4) is 0 Å². The van der Waals surface area contributed by atoms with Crippen LogP contribution in [0.1, 0.15) is 0 Å². The minimum Gasteiger partial charge on any atom is -0.147 e. The number of rotatable bonds is 0. The van der Waals surface area contributed by atoms with E-state index in [4.69, 9.17) is 0 Å². The van der Waals surface area contributed by atoms with E-state index in [2.05, 4.69) is 6.07 Å². The van der Waals surface area contributed by atoms with Gasteiger partial charge in [0.2, 0.25) is 0 Å². The van der Waals surface area contributed by atoms with Crippen molar-refractivity contribution in [1.29, 1.82) is 0 Å². The predicted octanol–water partition coefficient (Wildman–Crippen LogP) is 2.33. The molecule has 0 saturated carbocycles. The van der Waals surface area contributed by atoms with Gasteiger partial charge in [0.25, 0.3) is 0 Å². The topological polar surface area (TPSA) is 0 Å². The van der Waals surface area contributed by atoms with Crippen molar-refractivity contribution in [3.63, 3.8) is 0 Å². The molecular weight excluding hydrogens is 143 g/mol. The minimum absolute atomic E-state index is 0. The number of halogens is 2. The Morgan fingerprint density at radius 2 is 1.25 bits per heavy atom. The standard InChI is InChI=1S/C6H5.2ClH/c1-2-4-6-5-3-1;;/h1-5H;2*1H. The van der Waals surface area contributed by atoms with Crippen LogP contribution in [0.25, 0.3) is 0 Å². The van der Waals surface area contributed by atoms with E-state index in [9.17, 15) is 0 Å². The second-order valence-corrected chi connectivity index (χ2v) is 1.08. The molecule has 45 valence electrons. The Kier molecular flexibility index (Phi) is 9.11. The largest absolute Gasteiger partial charge is 0.147 e. The average molecular weight is 150 g/mol. The third-order valence-corrected chi connectivity index (χ3v) is 0.607. The molecule has 0 unspecified atom stereocenters. The highest BCUT2D eigenvalue weighted by atomic mass is 35.5. The molecule has 0 amide bonds. The summed E-state index contributed by atoms with van der Waals surface area (Å²) < 4.78 is 0. The van der Waals surface area contributed by atoms with Crippen molar-refractivity contribution in [3.05, 3.63) is 36.4 Å². The first kappa shape index (κ1) is 10.7. The van der Waals surface area contributed by atoms with Gasteiger partial charge in [-0.15, -0.1) is 24.8 Å². The molecule has 0 nitrogen and oxygen atoms in total. The zero-order chi connectivity index (χ0) is 4.24. The van der Waals surface area contributed by atoms with E-state index in [1.807, 2.05) is 30.3 Å². The van der Waals surface area contributed by atoms with E-state index >= 15 is 0 Å². The van der Waals surface area contributed by atoms with Crippen LogP contribution >= 0.6 is 24.8 Å². The van der Waals surface area contributed by atoms with Crippen LogP contribution in [0, 0.1) is 6.07 Å². The monoisotopic (exact) mass is 149 g/mol. The summed E-state index contributed by atoms with van der Waals surface area (Å²) in [7, 11) is 0. The second kappa shape index (κ2) is 6.80. The normalized spacial score (nSPS) is 6.00. The van der Waals surface area contributed by atoms with E-state index in [1.165, 1.54) is 0 Å². The van der Waals surface area contributed by atoms with Crippen molar-refractivity contribution in [2.75, 3.05) is 0 Å². The smallest absolute Gasteiger partial charge is 0.0184 e. The molecule has 0 spiro atoms. The van der Waals surface area contributed by atoms with Crippen LogP contribution in [-0.2, 0) is 0 Å². The SMILES string of the molecule is Cl.Cl.[c]1ccccc1. The van der Waals surface area contributed by atoms with Crippen molar-refractivity contribution in [1.82, 2.24) is 0 Å². The van der Waals surface area contributed by atoms with Crippen LogP contribution in [0.2, 0.25) is 0 Å². The molecule has 1 aromatic rings. The Bertz CT molecular complexity index is 78.5. The highest BCUT2D eigenvalue weighted by molar-refractivity contribution is 5.85. The fourth-order valence-corrected chi connectivity index (χ4v) is 0.342. The molecule has 0 aliphatic heterocycles. The first-order valence-corrected chi connectivity index (χ1v) is 1.91. The maximum absolute atomic E-state index is 2.89. The van der Waals surface area contributed by atoms with E-state index in [0.717, 1.165) is 0 Å². The van der Waals surface area contributed by atoms with Gasteiger partial charge in [0.05, 0.1) is 0 Å². The van der Waals surface area contributed by atoms with Gasteiger partial charge in [-0.2, -0.15) is 0 Å². The summed E-state index contributed by atoms with van der Waals surface area (Å²) in [5.74, 6) is 0. The summed E-state index contributed by atoms with van der Waals surface area (Å²) in [5.41, 5.74) is 0. The van der Waals surface area contributed by atoms with Gasteiger partial charge >= 0.3 is 0 Å². The minimum atomic E-state index is 0. The fraction of sp³-hybridized carbons (Fsp3) is 0. The van der Waals surface area contributed by atoms with Crippen LogP contribution in [0.15, 0.2) is 30.3 Å². The molecule has 0 atom stereocenters. The lowest BCUT2D eigenvalue weighted by Crippen LogP contribution is -1.49. The molecule has 0 saturated heterocycles. The van der Waals surface area contributed by atoms with Crippen LogP contribution < -0.4 is 0 Å². The molecule has 0 bridgehead atoms. The molecule has 0 aliphatic carbocycles. The summed E-state index contributed by atoms with van der Waals surface area (Å²) >= 11 is 0. The van der Waals surface area contributed by atoms with E-state index in [-0.39, 0.29) is 24.8 Å². The van der Waals surface area contributed by atoms with Gasteiger partial charge in [0.15, 0.2) is 0 Å². The molecule has 0 aromatic heterocycles. The Labute approximate surface area is 61.7 Å². The van der Waals surface area contributed by atoms with Gasteiger partial charge < -0.3 is 0 Å². The molecule has 0 heterocycles. The Morgan fingerprint density at radius 3 is 1.38 bits per heavy atom. The molecular formula is C6H7Cl2. The zero-order valence-electron chi connectivity index (χ0n) is 4.20. The first-order chi connectivity index (χ1) is 3.00. The van der Waals surface area contributed by atoms with Crippen LogP contribution in [0.5, 0.6) is 0 Å². The van der Waals surface area contributed by atoms with Crippen molar-refractivity contribution in [3.8, 4) is 0 Å². The van der Waals surface area contributed by atoms with E-state index < -0.39 is 0 Å². The predicted molar refractivity (Wildman–Crippen MR) is 39.8 cm³/mol. The van der Waals surface area contributed by atoms with E-state index in [0.29, 0.717) is 0 Å². The molecule has 0 aliphatic rings. The quantitative estimate of drug-likeness (QED) is 0.532. The Hall–Kier alpha value is -0.200. The second-order valence-electron chi connectivity index (χ2n) is 1.08. The zero-order valence-corrected chi connectivity index (χ0v) is 5.84. The lowest BCUT2D eigenvalue weighted by molar-refractivity contribution is 1.70. The molecule has 0 N–H and O–H groups in total. The Morgan fingerprint density at radius 1 is 0.750 bits per heavy atom. The molecule has 1 rings (SSSR count). The molecule has 0 fully saturated rings. The van der Waals surface area contributed by atoms with Crippen molar-refractivity contribution < 1.29 is 0 Å². The van der Waals surface area contributed by atoms with Crippen LogP contribution in [0.4, 0.5) is 0 Å². The molecule has 1 aromatic carbocycles. The third kappa shape index (κ3) is 3.97. The summed E-state index contributed by atoms with van der Waals surface area (Å²) in [5, 5.41) is 0. The van der Waals surface area contributed by atoms with Crippen molar-refractivity contribution in [2.45, 2.75) is 0 Å². The number of hydrogen-bond donors (Lipinski definition) is 0. The lowest BCUT2D eigenvalue weighted by Gasteiger charge is -1.68. The van der Waals surface area contributed by atoms with Gasteiger partial charge in [0, 0.05) is 0 Å². The van der Waals surface area contributed by atoms with Gasteiger partial charge in [-0.25, -0.2) is 0 Å². The van der Waals surface area contributed by atoms with Gasteiger partial charge in [-0.3, -0.25) is 0 Å². The van der Waals surface area contributed by atoms with Crippen molar-refractivity contribution >= 4 is 24.8 Å². The highest BCUT2D eigenvalue weighted by Gasteiger charge is 1.58.